The minimum Gasteiger partial charge on any atom is -0.507 e. The molecule has 0 radical (unpaired) electrons. The Morgan fingerprint density at radius 1 is 0.673 bits per heavy atom. The first kappa shape index (κ1) is 34.6. The Kier molecular flexibility index (Phi) is 10.1. The summed E-state index contributed by atoms with van der Waals surface area (Å²) >= 11 is 0. The lowest BCUT2D eigenvalue weighted by atomic mass is 9.82. The van der Waals surface area contributed by atoms with Crippen molar-refractivity contribution in [1.29, 1.82) is 0 Å². The summed E-state index contributed by atoms with van der Waals surface area (Å²) in [6, 6.07) is 2.76. The first-order valence-corrected chi connectivity index (χ1v) is 17.8. The molecule has 0 amide bonds. The summed E-state index contributed by atoms with van der Waals surface area (Å²) in [6.45, 7) is 6.49. The second kappa shape index (κ2) is 14.3. The van der Waals surface area contributed by atoms with Gasteiger partial charge in [0.1, 0.15) is 17.2 Å². The minimum absolute atomic E-state index is 0.00581. The van der Waals surface area contributed by atoms with Gasteiger partial charge in [-0.15, -0.1) is 0 Å². The highest BCUT2D eigenvalue weighted by Crippen LogP contribution is 2.55. The van der Waals surface area contributed by atoms with Crippen molar-refractivity contribution in [2.45, 2.75) is 84.5 Å². The topological polar surface area (TPSA) is 106 Å². The fourth-order valence-electron chi connectivity index (χ4n) is 8.13. The van der Waals surface area contributed by atoms with Gasteiger partial charge in [0.05, 0.1) is 32.1 Å². The van der Waals surface area contributed by atoms with Gasteiger partial charge >= 0.3 is 0 Å². The van der Waals surface area contributed by atoms with E-state index < -0.39 is 5.43 Å². The second-order valence-corrected chi connectivity index (χ2v) is 13.8. The molecule has 0 spiro atoms. The van der Waals surface area contributed by atoms with Crippen molar-refractivity contribution in [3.8, 4) is 28.7 Å². The predicted molar refractivity (Wildman–Crippen MR) is 200 cm³/mol. The highest BCUT2D eigenvalue weighted by molar-refractivity contribution is 6.39. The molecule has 0 saturated heterocycles. The highest BCUT2D eigenvalue weighted by atomic mass is 16.5. The number of methoxy groups -OCH3 is 3. The monoisotopic (exact) mass is 667 g/mol. The lowest BCUT2D eigenvalue weighted by Crippen LogP contribution is -2.18. The number of phenols is 2. The van der Waals surface area contributed by atoms with E-state index in [1.54, 1.807) is 0 Å². The van der Waals surface area contributed by atoms with Crippen LogP contribution in [0.5, 0.6) is 28.7 Å². The fourth-order valence-corrected chi connectivity index (χ4v) is 8.13. The molecular formula is C41H49NO7. The number of rotatable bonds is 16. The number of phenolic OH excluding ortho intramolecular Hbond substituents is 2. The molecule has 260 valence electrons. The first-order valence-electron chi connectivity index (χ1n) is 17.8. The number of nitrogens with zero attached hydrogens (tertiary/aromatic N) is 1. The van der Waals surface area contributed by atoms with Crippen molar-refractivity contribution >= 4 is 49.2 Å². The maximum Gasteiger partial charge on any atom is 0.194 e. The van der Waals surface area contributed by atoms with Gasteiger partial charge in [0.25, 0.3) is 0 Å². The van der Waals surface area contributed by atoms with E-state index in [4.69, 9.17) is 14.2 Å². The van der Waals surface area contributed by atoms with Gasteiger partial charge in [0.15, 0.2) is 22.4 Å². The molecule has 0 heterocycles. The molecule has 5 aromatic rings. The summed E-state index contributed by atoms with van der Waals surface area (Å²) < 4.78 is 17.4. The van der Waals surface area contributed by atoms with Crippen LogP contribution < -0.4 is 25.1 Å². The van der Waals surface area contributed by atoms with Crippen LogP contribution in [0.4, 0.5) is 0 Å². The van der Waals surface area contributed by atoms with E-state index in [-0.39, 0.29) is 33.4 Å². The first-order chi connectivity index (χ1) is 23.7. The van der Waals surface area contributed by atoms with Crippen LogP contribution in [0, 0.1) is 0 Å². The van der Waals surface area contributed by atoms with Crippen molar-refractivity contribution in [3.05, 3.63) is 54.8 Å². The Labute approximate surface area is 287 Å². The third-order valence-corrected chi connectivity index (χ3v) is 10.7. The normalized spacial score (nSPS) is 13.0. The molecule has 1 aliphatic rings. The minimum atomic E-state index is -0.396. The van der Waals surface area contributed by atoms with E-state index >= 15 is 0 Å². The van der Waals surface area contributed by atoms with E-state index in [1.807, 2.05) is 6.92 Å². The summed E-state index contributed by atoms with van der Waals surface area (Å²) in [5.74, 6) is 0.626. The number of fused-ring (bicyclic) bond motifs is 1. The number of allylic oxidation sites excluding steroid dienone is 1. The number of hydrogen-bond acceptors (Lipinski definition) is 8. The molecule has 6 rings (SSSR count). The SMILES string of the molecule is CCN(C)CCCCCCCCCCCc1c(O)c2c(=O)cc(OC)c3c4c(OC)cc(=O)c5c(O)c(OC)c6c(c(c1C=C(C)C6)c23)c54. The van der Waals surface area contributed by atoms with Gasteiger partial charge in [-0.05, 0) is 69.1 Å². The third kappa shape index (κ3) is 5.88. The molecule has 0 aliphatic heterocycles. The van der Waals surface area contributed by atoms with Gasteiger partial charge < -0.3 is 29.3 Å². The molecule has 49 heavy (non-hydrogen) atoms. The molecule has 0 unspecified atom stereocenters. The number of benzene rings is 5. The Morgan fingerprint density at radius 2 is 1.20 bits per heavy atom. The molecule has 0 bridgehead atoms. The van der Waals surface area contributed by atoms with Crippen LogP contribution in [0.15, 0.2) is 27.3 Å². The molecule has 8 nitrogen and oxygen atoms in total. The third-order valence-electron chi connectivity index (χ3n) is 10.7. The summed E-state index contributed by atoms with van der Waals surface area (Å²) in [5, 5.41) is 27.6. The van der Waals surface area contributed by atoms with Gasteiger partial charge in [0.2, 0.25) is 0 Å². The highest BCUT2D eigenvalue weighted by Gasteiger charge is 2.32. The largest absolute Gasteiger partial charge is 0.507 e. The zero-order chi connectivity index (χ0) is 35.0. The number of hydrogen-bond donors (Lipinski definition) is 2. The summed E-state index contributed by atoms with van der Waals surface area (Å²) in [6.07, 6.45) is 13.7. The zero-order valence-electron chi connectivity index (χ0n) is 29.8. The summed E-state index contributed by atoms with van der Waals surface area (Å²) in [5.41, 5.74) is 2.55. The molecule has 2 N–H and O–H groups in total. The molecular weight excluding hydrogens is 618 g/mol. The van der Waals surface area contributed by atoms with Crippen LogP contribution in [-0.4, -0.2) is 56.6 Å². The van der Waals surface area contributed by atoms with Crippen molar-refractivity contribution in [2.75, 3.05) is 41.5 Å². The summed E-state index contributed by atoms with van der Waals surface area (Å²) in [4.78, 5) is 29.9. The molecule has 0 atom stereocenters. The smallest absolute Gasteiger partial charge is 0.194 e. The van der Waals surface area contributed by atoms with Crippen molar-refractivity contribution in [1.82, 2.24) is 4.90 Å². The van der Waals surface area contributed by atoms with Crippen LogP contribution in [0.25, 0.3) is 49.2 Å². The van der Waals surface area contributed by atoms with Gasteiger partial charge in [-0.3, -0.25) is 9.59 Å². The van der Waals surface area contributed by atoms with Crippen LogP contribution in [0.2, 0.25) is 0 Å². The molecule has 0 saturated carbocycles. The predicted octanol–water partition coefficient (Wildman–Crippen LogP) is 8.30. The zero-order valence-corrected chi connectivity index (χ0v) is 29.8. The lowest BCUT2D eigenvalue weighted by Gasteiger charge is -2.24. The Hall–Kier alpha value is -4.30. The lowest BCUT2D eigenvalue weighted by molar-refractivity contribution is 0.340. The van der Waals surface area contributed by atoms with Crippen LogP contribution in [0.1, 0.15) is 88.3 Å². The Morgan fingerprint density at radius 3 is 1.76 bits per heavy atom. The summed E-state index contributed by atoms with van der Waals surface area (Å²) in [7, 11) is 6.66. The van der Waals surface area contributed by atoms with Gasteiger partial charge in [-0.2, -0.15) is 0 Å². The van der Waals surface area contributed by atoms with Gasteiger partial charge in [0, 0.05) is 44.8 Å². The molecule has 1 aliphatic carbocycles. The van der Waals surface area contributed by atoms with E-state index in [2.05, 4.69) is 24.9 Å². The average molecular weight is 668 g/mol. The number of aromatic hydroxyl groups is 2. The van der Waals surface area contributed by atoms with Crippen molar-refractivity contribution < 1.29 is 24.4 Å². The molecule has 0 fully saturated rings. The van der Waals surface area contributed by atoms with Crippen LogP contribution in [-0.2, 0) is 12.8 Å². The fraction of sp³-hybridized carbons (Fsp3) is 0.463. The van der Waals surface area contributed by atoms with E-state index in [0.717, 1.165) is 58.8 Å². The van der Waals surface area contributed by atoms with Crippen LogP contribution >= 0.6 is 0 Å². The molecule has 5 aromatic carbocycles. The number of ether oxygens (including phenoxy) is 3. The van der Waals surface area contributed by atoms with Crippen molar-refractivity contribution in [3.63, 3.8) is 0 Å². The molecule has 8 heteroatoms. The van der Waals surface area contributed by atoms with E-state index in [1.165, 1.54) is 78.5 Å². The van der Waals surface area contributed by atoms with Gasteiger partial charge in [-0.25, -0.2) is 0 Å². The van der Waals surface area contributed by atoms with E-state index in [9.17, 15) is 19.8 Å². The standard InChI is InChI=1S/C41H49NO7/c1-7-42(3)18-16-14-12-10-8-9-11-13-15-17-24-25-19-23(2)20-26-32-31(25)37-33(39(24)45)27(43)21-29(47-4)35(37)36-30(48-5)22-28(44)34(38(32)36)40(46)41(26)49-6/h19,21-22,45-46H,7-18,20H2,1-6H3. The molecule has 0 aromatic heterocycles. The number of unbranched alkanes of at least 4 members (excludes halogenated alkanes) is 8. The van der Waals surface area contributed by atoms with Gasteiger partial charge in [-0.1, -0.05) is 63.5 Å². The van der Waals surface area contributed by atoms with Crippen molar-refractivity contribution in [2.24, 2.45) is 0 Å². The second-order valence-electron chi connectivity index (χ2n) is 13.8. The maximum atomic E-state index is 13.9. The quantitative estimate of drug-likeness (QED) is 0.0615. The van der Waals surface area contributed by atoms with Crippen LogP contribution in [0.3, 0.4) is 0 Å². The Balaban J connectivity index is 1.46. The average Bonchev–Trinajstić information content (AvgIpc) is 3.24. The van der Waals surface area contributed by atoms with E-state index in [0.29, 0.717) is 45.9 Å². The Bertz CT molecular complexity index is 2170. The maximum absolute atomic E-state index is 13.9.